The number of nitrogens with zero attached hydrogens (tertiary/aromatic N) is 4. The highest BCUT2D eigenvalue weighted by molar-refractivity contribution is 7.99. The maximum absolute atomic E-state index is 12.9. The molecule has 0 radical (unpaired) electrons. The van der Waals surface area contributed by atoms with Crippen LogP contribution in [0.3, 0.4) is 0 Å². The van der Waals surface area contributed by atoms with Crippen LogP contribution >= 0.6 is 11.8 Å². The number of anilines is 4. The number of sulfone groups is 1. The fraction of sp³-hybridized carbons (Fsp3) is 0.368. The molecule has 240 valence electrons. The predicted octanol–water partition coefficient (Wildman–Crippen LogP) is 7.80. The summed E-state index contributed by atoms with van der Waals surface area (Å²) in [7, 11) is 0.664. The summed E-state index contributed by atoms with van der Waals surface area (Å²) in [5.74, 6) is 2.14. The minimum Gasteiger partial charge on any atom is -0.339 e. The van der Waals surface area contributed by atoms with Crippen LogP contribution in [0.25, 0.3) is 0 Å². The summed E-state index contributed by atoms with van der Waals surface area (Å²) in [6.07, 6.45) is 2.80. The minimum absolute atomic E-state index is 0.399. The zero-order valence-electron chi connectivity index (χ0n) is 27.0. The van der Waals surface area contributed by atoms with E-state index in [1.165, 1.54) is 53.6 Å². The fourth-order valence-corrected chi connectivity index (χ4v) is 10.5. The van der Waals surface area contributed by atoms with Gasteiger partial charge in [-0.1, -0.05) is 67.2 Å². The Kier molecular flexibility index (Phi) is 8.89. The minimum atomic E-state index is -3.45. The number of piperidine rings is 3. The summed E-state index contributed by atoms with van der Waals surface area (Å²) in [4.78, 5) is 13.1. The molecule has 4 aromatic rings. The number of fused-ring (bicyclic) bond motifs is 7. The lowest BCUT2D eigenvalue weighted by molar-refractivity contribution is 0.0553. The van der Waals surface area contributed by atoms with Gasteiger partial charge in [0.1, 0.15) is 0 Å². The average Bonchev–Trinajstić information content (AvgIpc) is 3.07. The second kappa shape index (κ2) is 13.1. The van der Waals surface area contributed by atoms with Gasteiger partial charge in [0.25, 0.3) is 0 Å². The lowest BCUT2D eigenvalue weighted by Crippen LogP contribution is -2.50. The third-order valence-corrected chi connectivity index (χ3v) is 12.8. The summed E-state index contributed by atoms with van der Waals surface area (Å²) < 4.78 is 25.7. The van der Waals surface area contributed by atoms with E-state index in [1.54, 1.807) is 24.3 Å². The topological polar surface area (TPSA) is 47.1 Å². The van der Waals surface area contributed by atoms with Crippen LogP contribution in [0.2, 0.25) is 0 Å². The first-order chi connectivity index (χ1) is 22.3. The molecule has 4 aromatic carbocycles. The number of hydrogen-bond acceptors (Lipinski definition) is 7. The van der Waals surface area contributed by atoms with Gasteiger partial charge in [-0.2, -0.15) is 0 Å². The van der Waals surface area contributed by atoms with E-state index in [1.807, 2.05) is 36.0 Å². The maximum atomic E-state index is 12.9. The Labute approximate surface area is 278 Å². The Bertz CT molecular complexity index is 1700. The van der Waals surface area contributed by atoms with E-state index in [9.17, 15) is 8.42 Å². The Balaban J connectivity index is 0.000000147. The highest BCUT2D eigenvalue weighted by Gasteiger charge is 2.37. The van der Waals surface area contributed by atoms with Gasteiger partial charge in [0.15, 0.2) is 0 Å². The molecule has 3 fully saturated rings. The number of benzene rings is 4. The number of para-hydroxylation sites is 4. The second-order valence-electron chi connectivity index (χ2n) is 13.5. The molecule has 2 unspecified atom stereocenters. The molecule has 0 aliphatic carbocycles. The molecule has 8 heteroatoms. The van der Waals surface area contributed by atoms with Crippen molar-refractivity contribution in [3.05, 3.63) is 97.1 Å². The molecule has 0 aromatic heterocycles. The third kappa shape index (κ3) is 6.08. The van der Waals surface area contributed by atoms with Gasteiger partial charge in [-0.05, 0) is 106 Å². The van der Waals surface area contributed by atoms with Gasteiger partial charge < -0.3 is 19.6 Å². The molecule has 0 spiro atoms. The van der Waals surface area contributed by atoms with Crippen molar-refractivity contribution < 1.29 is 8.42 Å². The van der Waals surface area contributed by atoms with Crippen molar-refractivity contribution in [2.24, 2.45) is 17.8 Å². The summed E-state index contributed by atoms with van der Waals surface area (Å²) >= 11 is 1.91. The summed E-state index contributed by atoms with van der Waals surface area (Å²) in [6.45, 7) is 9.02. The molecule has 2 atom stereocenters. The smallest absolute Gasteiger partial charge is 0.210 e. The molecule has 46 heavy (non-hydrogen) atoms. The van der Waals surface area contributed by atoms with Gasteiger partial charge in [0.05, 0.1) is 32.5 Å². The summed E-state index contributed by atoms with van der Waals surface area (Å²) in [6, 6.07) is 32.3. The standard InChI is InChI=1S/C20H22N2S.C18H22N2O2S/c1-3-7-19-17(5-1)22(18-6-2-4-8-20(18)23-19)14-16-13-21-11-9-15(16)10-12-21;1-14(12-19(2)3)13-20-15-8-4-6-10-17(15)23(21,22)18-11-7-5-9-16(18)20/h1-8,15-16H,9-14H2;4-11,14H,12-13H2,1-3H3. The maximum Gasteiger partial charge on any atom is 0.210 e. The van der Waals surface area contributed by atoms with E-state index in [0.717, 1.165) is 42.8 Å². The van der Waals surface area contributed by atoms with Gasteiger partial charge in [-0.15, -0.1) is 0 Å². The summed E-state index contributed by atoms with van der Waals surface area (Å²) in [5, 5.41) is 0. The van der Waals surface area contributed by atoms with E-state index in [4.69, 9.17) is 0 Å². The molecule has 9 rings (SSSR count). The van der Waals surface area contributed by atoms with E-state index >= 15 is 0 Å². The Morgan fingerprint density at radius 3 is 1.74 bits per heavy atom. The van der Waals surface area contributed by atoms with E-state index in [0.29, 0.717) is 15.7 Å². The van der Waals surface area contributed by atoms with Crippen LogP contribution < -0.4 is 9.80 Å². The van der Waals surface area contributed by atoms with Crippen molar-refractivity contribution in [3.8, 4) is 0 Å². The van der Waals surface area contributed by atoms with Gasteiger partial charge >= 0.3 is 0 Å². The van der Waals surface area contributed by atoms with Crippen molar-refractivity contribution >= 4 is 44.3 Å². The molecule has 0 N–H and O–H groups in total. The lowest BCUT2D eigenvalue weighted by atomic mass is 9.78. The second-order valence-corrected chi connectivity index (χ2v) is 16.4. The van der Waals surface area contributed by atoms with Crippen LogP contribution in [0.5, 0.6) is 0 Å². The van der Waals surface area contributed by atoms with Crippen LogP contribution in [0.4, 0.5) is 22.7 Å². The fourth-order valence-electron chi connectivity index (χ4n) is 7.76. The van der Waals surface area contributed by atoms with Gasteiger partial charge in [0, 0.05) is 36.0 Å². The molecular weight excluding hydrogens is 609 g/mol. The Hall–Kier alpha value is -3.30. The molecule has 0 amide bonds. The highest BCUT2D eigenvalue weighted by atomic mass is 32.2. The van der Waals surface area contributed by atoms with E-state index < -0.39 is 9.84 Å². The predicted molar refractivity (Wildman–Crippen MR) is 190 cm³/mol. The normalized spacial score (nSPS) is 22.6. The number of hydrogen-bond donors (Lipinski definition) is 0. The van der Waals surface area contributed by atoms with Crippen molar-refractivity contribution in [2.75, 3.05) is 63.2 Å². The van der Waals surface area contributed by atoms with Gasteiger partial charge in [-0.3, -0.25) is 0 Å². The summed E-state index contributed by atoms with van der Waals surface area (Å²) in [5.41, 5.74) is 4.34. The van der Waals surface area contributed by atoms with E-state index in [-0.39, 0.29) is 0 Å². The Morgan fingerprint density at radius 2 is 1.24 bits per heavy atom. The Morgan fingerprint density at radius 1 is 0.739 bits per heavy atom. The monoisotopic (exact) mass is 652 g/mol. The quantitative estimate of drug-likeness (QED) is 0.211. The zero-order chi connectivity index (χ0) is 31.8. The van der Waals surface area contributed by atoms with Crippen LogP contribution in [0.15, 0.2) is 117 Å². The first-order valence-corrected chi connectivity index (χ1v) is 18.8. The number of rotatable bonds is 6. The van der Waals surface area contributed by atoms with Crippen molar-refractivity contribution in [2.45, 2.75) is 39.3 Å². The zero-order valence-corrected chi connectivity index (χ0v) is 28.7. The van der Waals surface area contributed by atoms with Crippen LogP contribution in [0, 0.1) is 17.8 Å². The largest absolute Gasteiger partial charge is 0.339 e. The molecule has 3 saturated heterocycles. The molecular formula is C38H44N4O2S2. The van der Waals surface area contributed by atoms with Gasteiger partial charge in [0.2, 0.25) is 9.84 Å². The molecule has 2 bridgehead atoms. The molecule has 5 aliphatic heterocycles. The first kappa shape index (κ1) is 31.3. The van der Waals surface area contributed by atoms with Crippen LogP contribution in [-0.4, -0.2) is 71.6 Å². The molecule has 5 aliphatic rings. The van der Waals surface area contributed by atoms with Crippen molar-refractivity contribution in [3.63, 3.8) is 0 Å². The average molecular weight is 653 g/mol. The molecule has 5 heterocycles. The SMILES string of the molecule is CC(CN(C)C)CN1c2ccccc2S(=O)(=O)c2ccccc21.c1ccc2c(c1)Sc1ccccc1N2CC1CN2CCC1CC2. The third-order valence-electron chi connectivity index (χ3n) is 9.80. The van der Waals surface area contributed by atoms with Crippen LogP contribution in [-0.2, 0) is 9.84 Å². The molecule has 0 saturated carbocycles. The highest BCUT2D eigenvalue weighted by Crippen LogP contribution is 2.49. The van der Waals surface area contributed by atoms with Crippen LogP contribution in [0.1, 0.15) is 19.8 Å². The molecule has 6 nitrogen and oxygen atoms in total. The van der Waals surface area contributed by atoms with E-state index in [2.05, 4.69) is 89.1 Å². The first-order valence-electron chi connectivity index (χ1n) is 16.5. The lowest BCUT2D eigenvalue weighted by Gasteiger charge is -2.47. The van der Waals surface area contributed by atoms with Gasteiger partial charge in [-0.25, -0.2) is 8.42 Å². The van der Waals surface area contributed by atoms with Crippen molar-refractivity contribution in [1.29, 1.82) is 0 Å². The van der Waals surface area contributed by atoms with Crippen molar-refractivity contribution in [1.82, 2.24) is 9.80 Å².